The number of aliphatic hydroxyl groups is 2. The van der Waals surface area contributed by atoms with Gasteiger partial charge in [0.15, 0.2) is 0 Å². The molecule has 0 aromatic rings. The minimum absolute atomic E-state index is 1.62. The third-order valence-electron chi connectivity index (χ3n) is 3.96. The maximum atomic E-state index is 13.6. The summed E-state index contributed by atoms with van der Waals surface area (Å²) in [5.41, 5.74) is 0. The molecule has 1 atom stereocenters. The summed E-state index contributed by atoms with van der Waals surface area (Å²) in [7, 11) is 0. The van der Waals surface area contributed by atoms with Crippen molar-refractivity contribution in [3.63, 3.8) is 0 Å². The molecule has 0 spiro atoms. The summed E-state index contributed by atoms with van der Waals surface area (Å²) in [6.45, 7) is -3.92. The fourth-order valence-electron chi connectivity index (χ4n) is 1.98. The van der Waals surface area contributed by atoms with Crippen LogP contribution in [0.4, 0.5) is 74.6 Å². The molecule has 0 bridgehead atoms. The minimum Gasteiger partial charge on any atom is -0.396 e. The number of hydrogen-bond donors (Lipinski definition) is 2. The average Bonchev–Trinajstić information content (AvgIpc) is 2.57. The monoisotopic (exact) mass is 508 g/mol. The molecule has 2 N–H and O–H groups in total. The van der Waals surface area contributed by atoms with Gasteiger partial charge in [0.05, 0.1) is 12.5 Å². The number of alkyl halides is 17. The number of hydrogen-bond acceptors (Lipinski definition) is 2. The lowest BCUT2D eigenvalue weighted by molar-refractivity contribution is -0.463. The smallest absolute Gasteiger partial charge is 0.396 e. The highest BCUT2D eigenvalue weighted by Gasteiger charge is 2.95. The summed E-state index contributed by atoms with van der Waals surface area (Å²) in [5, 5.41) is 16.8. The predicted molar refractivity (Wildman–Crippen MR) is 63.0 cm³/mol. The third kappa shape index (κ3) is 3.88. The summed E-state index contributed by atoms with van der Waals surface area (Å²) >= 11 is 0. The summed E-state index contributed by atoms with van der Waals surface area (Å²) in [6.07, 6.45) is -9.58. The normalized spacial score (nSPS) is 17.1. The Kier molecular flexibility index (Phi) is 7.62. The van der Waals surface area contributed by atoms with E-state index in [9.17, 15) is 74.6 Å². The largest absolute Gasteiger partial charge is 0.460 e. The predicted octanol–water partition coefficient (Wildman–Crippen LogP) is 4.99. The van der Waals surface area contributed by atoms with Crippen LogP contribution in [0.3, 0.4) is 0 Å². The highest BCUT2D eigenvalue weighted by Crippen LogP contribution is 2.64. The van der Waals surface area contributed by atoms with Crippen LogP contribution in [0.5, 0.6) is 0 Å². The van der Waals surface area contributed by atoms with E-state index in [0.29, 0.717) is 0 Å². The van der Waals surface area contributed by atoms with Gasteiger partial charge in [-0.25, -0.2) is 0 Å². The van der Waals surface area contributed by atoms with Crippen LogP contribution in [0.1, 0.15) is 6.42 Å². The Morgan fingerprint density at radius 3 is 1.00 bits per heavy atom. The van der Waals surface area contributed by atoms with Crippen LogP contribution in [0.25, 0.3) is 0 Å². The van der Waals surface area contributed by atoms with Gasteiger partial charge in [-0.15, -0.1) is 0 Å². The van der Waals surface area contributed by atoms with E-state index in [4.69, 9.17) is 10.2 Å². The molecule has 0 fully saturated rings. The molecule has 0 saturated heterocycles. The lowest BCUT2D eigenvalue weighted by Crippen LogP contribution is -2.75. The molecule has 2 nitrogen and oxygen atoms in total. The van der Waals surface area contributed by atoms with Crippen LogP contribution in [0.15, 0.2) is 0 Å². The zero-order valence-electron chi connectivity index (χ0n) is 14.0. The van der Waals surface area contributed by atoms with Crippen molar-refractivity contribution in [3.05, 3.63) is 0 Å². The molecule has 0 unspecified atom stereocenters. The van der Waals surface area contributed by atoms with Crippen LogP contribution in [-0.4, -0.2) is 71.1 Å². The maximum absolute atomic E-state index is 13.6. The van der Waals surface area contributed by atoms with Gasteiger partial charge in [-0.2, -0.15) is 74.6 Å². The molecule has 0 aromatic heterocycles. The van der Waals surface area contributed by atoms with Crippen LogP contribution in [0, 0.1) is 5.92 Å². The molecule has 0 aliphatic rings. The Morgan fingerprint density at radius 2 is 0.742 bits per heavy atom. The van der Waals surface area contributed by atoms with Gasteiger partial charge in [-0.05, 0) is 6.42 Å². The molecule has 0 saturated carbocycles. The molecular formula is C12H9F17O2. The molecule has 31 heavy (non-hydrogen) atoms. The summed E-state index contributed by atoms with van der Waals surface area (Å²) in [6, 6.07) is 0. The van der Waals surface area contributed by atoms with E-state index >= 15 is 0 Å². The summed E-state index contributed by atoms with van der Waals surface area (Å²) in [4.78, 5) is 0. The van der Waals surface area contributed by atoms with Crippen LogP contribution in [-0.2, 0) is 0 Å². The fourth-order valence-corrected chi connectivity index (χ4v) is 1.98. The van der Waals surface area contributed by atoms with Gasteiger partial charge in [0.1, 0.15) is 0 Å². The molecule has 19 heteroatoms. The summed E-state index contributed by atoms with van der Waals surface area (Å²) in [5.74, 6) is -60.6. The first-order valence-electron chi connectivity index (χ1n) is 7.20. The van der Waals surface area contributed by atoms with E-state index in [1.807, 2.05) is 0 Å². The molecule has 0 aliphatic carbocycles. The number of halogens is 17. The third-order valence-corrected chi connectivity index (χ3v) is 3.96. The second-order valence-corrected chi connectivity index (χ2v) is 5.96. The molecule has 188 valence electrons. The molecule has 0 heterocycles. The maximum Gasteiger partial charge on any atom is 0.460 e. The first kappa shape index (κ1) is 29.7. The highest BCUT2D eigenvalue weighted by molar-refractivity contribution is 5.15. The van der Waals surface area contributed by atoms with E-state index in [-0.39, 0.29) is 0 Å². The Bertz CT molecular complexity index is 623. The SMILES string of the molecule is OCC[C@@H](CO)C(F)(F)C(F)(F)C(F)(F)C(F)(F)C(F)(F)C(F)(F)C(F)(F)C(F)(F)F. The standard InChI is InChI=1S/C12H9F17O2/c13-5(14,4(3-31)1-2-30)6(15,16)7(17,18)8(19,20)9(21,22)10(23,24)11(25,26)12(27,28)29/h4,30-31H,1-3H2/t4-/m0/s1. The Morgan fingerprint density at radius 1 is 0.452 bits per heavy atom. The molecular weight excluding hydrogens is 499 g/mol. The van der Waals surface area contributed by atoms with Crippen molar-refractivity contribution in [1.29, 1.82) is 0 Å². The van der Waals surface area contributed by atoms with Crippen molar-refractivity contribution in [1.82, 2.24) is 0 Å². The minimum atomic E-state index is -8.69. The molecule has 0 rings (SSSR count). The summed E-state index contributed by atoms with van der Waals surface area (Å²) < 4.78 is 221. The van der Waals surface area contributed by atoms with Crippen molar-refractivity contribution < 1.29 is 84.9 Å². The van der Waals surface area contributed by atoms with E-state index in [1.165, 1.54) is 0 Å². The number of aliphatic hydroxyl groups excluding tert-OH is 2. The topological polar surface area (TPSA) is 40.5 Å². The van der Waals surface area contributed by atoms with Crippen molar-refractivity contribution in [2.75, 3.05) is 13.2 Å². The van der Waals surface area contributed by atoms with Gasteiger partial charge < -0.3 is 10.2 Å². The average molecular weight is 508 g/mol. The quantitative estimate of drug-likeness (QED) is 0.409. The second-order valence-electron chi connectivity index (χ2n) is 5.96. The lowest BCUT2D eigenvalue weighted by atomic mass is 9.84. The second kappa shape index (κ2) is 7.95. The van der Waals surface area contributed by atoms with Crippen LogP contribution >= 0.6 is 0 Å². The van der Waals surface area contributed by atoms with Crippen LogP contribution < -0.4 is 0 Å². The van der Waals surface area contributed by atoms with Gasteiger partial charge in [-0.3, -0.25) is 0 Å². The zero-order chi connectivity index (χ0) is 25.7. The van der Waals surface area contributed by atoms with Crippen molar-refractivity contribution in [3.8, 4) is 0 Å². The van der Waals surface area contributed by atoms with E-state index < -0.39 is 73.2 Å². The van der Waals surface area contributed by atoms with E-state index in [1.54, 1.807) is 0 Å². The zero-order valence-corrected chi connectivity index (χ0v) is 14.0. The highest BCUT2D eigenvalue weighted by atomic mass is 19.4. The number of rotatable bonds is 10. The van der Waals surface area contributed by atoms with Gasteiger partial charge in [-0.1, -0.05) is 0 Å². The van der Waals surface area contributed by atoms with Gasteiger partial charge in [0, 0.05) is 6.61 Å². The fraction of sp³-hybridized carbons (Fsp3) is 1.00. The first-order valence-corrected chi connectivity index (χ1v) is 7.20. The van der Waals surface area contributed by atoms with E-state index in [0.717, 1.165) is 0 Å². The van der Waals surface area contributed by atoms with E-state index in [2.05, 4.69) is 0 Å². The Hall–Kier alpha value is -1.27. The van der Waals surface area contributed by atoms with Crippen LogP contribution in [0.2, 0.25) is 0 Å². The Balaban J connectivity index is 6.76. The molecule has 0 radical (unpaired) electrons. The first-order chi connectivity index (χ1) is 13.3. The molecule has 0 aliphatic heterocycles. The van der Waals surface area contributed by atoms with Gasteiger partial charge >= 0.3 is 47.6 Å². The molecule has 0 amide bonds. The van der Waals surface area contributed by atoms with Crippen molar-refractivity contribution in [2.24, 2.45) is 5.92 Å². The van der Waals surface area contributed by atoms with Gasteiger partial charge in [0.25, 0.3) is 0 Å². The van der Waals surface area contributed by atoms with Crippen molar-refractivity contribution >= 4 is 0 Å². The lowest BCUT2D eigenvalue weighted by Gasteiger charge is -2.43. The Labute approximate surface area is 159 Å². The van der Waals surface area contributed by atoms with Crippen molar-refractivity contribution in [2.45, 2.75) is 54.1 Å². The van der Waals surface area contributed by atoms with Gasteiger partial charge in [0.2, 0.25) is 0 Å². The molecule has 0 aromatic carbocycles.